The smallest absolute Gasteiger partial charge is 0.115 e. The summed E-state index contributed by atoms with van der Waals surface area (Å²) in [6.07, 6.45) is 2.41. The Morgan fingerprint density at radius 1 is 1.00 bits per heavy atom. The van der Waals surface area contributed by atoms with Crippen molar-refractivity contribution in [3.8, 4) is 5.75 Å². The maximum atomic E-state index is 9.33. The minimum absolute atomic E-state index is 0.122. The van der Waals surface area contributed by atoms with E-state index in [1.165, 1.54) is 18.4 Å². The predicted molar refractivity (Wildman–Crippen MR) is 69.8 cm³/mol. The lowest BCUT2D eigenvalue weighted by Crippen LogP contribution is -2.36. The van der Waals surface area contributed by atoms with E-state index in [9.17, 15) is 5.11 Å². The van der Waals surface area contributed by atoms with E-state index in [2.05, 4.69) is 34.6 Å². The zero-order chi connectivity index (χ0) is 12.4. The SMILES string of the molecule is CCCC(C)(C)C(C)(C)c1ccc(O)cc1. The van der Waals surface area contributed by atoms with Crippen molar-refractivity contribution in [2.75, 3.05) is 0 Å². The molecule has 0 amide bonds. The molecular weight excluding hydrogens is 196 g/mol. The monoisotopic (exact) mass is 220 g/mol. The topological polar surface area (TPSA) is 20.2 Å². The molecule has 0 fully saturated rings. The molecule has 1 N–H and O–H groups in total. The molecule has 0 bridgehead atoms. The van der Waals surface area contributed by atoms with Gasteiger partial charge in [0.05, 0.1) is 0 Å². The van der Waals surface area contributed by atoms with Gasteiger partial charge in [0.25, 0.3) is 0 Å². The molecule has 0 atom stereocenters. The molecule has 1 aromatic rings. The molecule has 0 aliphatic heterocycles. The Morgan fingerprint density at radius 3 is 1.94 bits per heavy atom. The van der Waals surface area contributed by atoms with Crippen LogP contribution in [0, 0.1) is 5.41 Å². The summed E-state index contributed by atoms with van der Waals surface area (Å²) in [4.78, 5) is 0. The van der Waals surface area contributed by atoms with Crippen LogP contribution in [0.1, 0.15) is 53.0 Å². The molecule has 1 aromatic carbocycles. The van der Waals surface area contributed by atoms with E-state index < -0.39 is 0 Å². The van der Waals surface area contributed by atoms with E-state index in [1.54, 1.807) is 12.1 Å². The first-order valence-electron chi connectivity index (χ1n) is 6.11. The average Bonchev–Trinajstić information content (AvgIpc) is 2.18. The number of hydrogen-bond acceptors (Lipinski definition) is 1. The van der Waals surface area contributed by atoms with Gasteiger partial charge in [0, 0.05) is 0 Å². The average molecular weight is 220 g/mol. The van der Waals surface area contributed by atoms with Crippen molar-refractivity contribution in [1.29, 1.82) is 0 Å². The van der Waals surface area contributed by atoms with Crippen LogP contribution < -0.4 is 0 Å². The molecule has 0 saturated heterocycles. The van der Waals surface area contributed by atoms with Crippen LogP contribution in [0.4, 0.5) is 0 Å². The van der Waals surface area contributed by atoms with E-state index in [4.69, 9.17) is 0 Å². The van der Waals surface area contributed by atoms with Crippen molar-refractivity contribution in [2.45, 2.75) is 52.9 Å². The van der Waals surface area contributed by atoms with E-state index in [0.29, 0.717) is 5.75 Å². The molecule has 0 aliphatic carbocycles. The van der Waals surface area contributed by atoms with Gasteiger partial charge in [0.1, 0.15) is 5.75 Å². The second-order valence-electron chi connectivity index (χ2n) is 5.81. The lowest BCUT2D eigenvalue weighted by Gasteiger charge is -2.42. The highest BCUT2D eigenvalue weighted by molar-refractivity contribution is 5.32. The third kappa shape index (κ3) is 2.40. The number of phenols is 1. The van der Waals surface area contributed by atoms with Crippen molar-refractivity contribution in [3.63, 3.8) is 0 Å². The van der Waals surface area contributed by atoms with Gasteiger partial charge < -0.3 is 5.11 Å². The quantitative estimate of drug-likeness (QED) is 0.792. The van der Waals surface area contributed by atoms with Gasteiger partial charge in [-0.3, -0.25) is 0 Å². The largest absolute Gasteiger partial charge is 0.508 e. The highest BCUT2D eigenvalue weighted by Crippen LogP contribution is 2.44. The van der Waals surface area contributed by atoms with Crippen LogP contribution in [0.25, 0.3) is 0 Å². The highest BCUT2D eigenvalue weighted by Gasteiger charge is 2.37. The van der Waals surface area contributed by atoms with Gasteiger partial charge >= 0.3 is 0 Å². The molecule has 1 rings (SSSR count). The highest BCUT2D eigenvalue weighted by atomic mass is 16.3. The Balaban J connectivity index is 3.05. The van der Waals surface area contributed by atoms with E-state index >= 15 is 0 Å². The van der Waals surface area contributed by atoms with Crippen LogP contribution in [-0.4, -0.2) is 5.11 Å². The maximum Gasteiger partial charge on any atom is 0.115 e. The first-order valence-corrected chi connectivity index (χ1v) is 6.11. The molecule has 0 spiro atoms. The number of rotatable bonds is 4. The van der Waals surface area contributed by atoms with Gasteiger partial charge in [-0.25, -0.2) is 0 Å². The van der Waals surface area contributed by atoms with E-state index in [1.807, 2.05) is 12.1 Å². The summed E-state index contributed by atoms with van der Waals surface area (Å²) in [6.45, 7) is 11.4. The normalized spacial score (nSPS) is 12.8. The fourth-order valence-electron chi connectivity index (χ4n) is 2.21. The molecule has 90 valence electrons. The second kappa shape index (κ2) is 4.48. The zero-order valence-electron chi connectivity index (χ0n) is 11.2. The van der Waals surface area contributed by atoms with E-state index in [0.717, 1.165) is 0 Å². The Labute approximate surface area is 99.5 Å². The molecule has 1 heteroatoms. The minimum atomic E-state index is 0.122. The predicted octanol–water partition coefficient (Wildman–Crippen LogP) is 4.50. The second-order valence-corrected chi connectivity index (χ2v) is 5.81. The summed E-state index contributed by atoms with van der Waals surface area (Å²) < 4.78 is 0. The molecule has 0 aliphatic rings. The summed E-state index contributed by atoms with van der Waals surface area (Å²) in [7, 11) is 0. The Kier molecular flexibility index (Phi) is 3.67. The van der Waals surface area contributed by atoms with Gasteiger partial charge in [-0.1, -0.05) is 53.2 Å². The van der Waals surface area contributed by atoms with E-state index in [-0.39, 0.29) is 10.8 Å². The first kappa shape index (κ1) is 13.1. The Bertz CT molecular complexity index is 333. The van der Waals surface area contributed by atoms with Crippen LogP contribution in [0.15, 0.2) is 24.3 Å². The number of aromatic hydroxyl groups is 1. The fourth-order valence-corrected chi connectivity index (χ4v) is 2.21. The molecule has 16 heavy (non-hydrogen) atoms. The standard InChI is InChI=1S/C15H24O/c1-6-11-14(2,3)15(4,5)12-7-9-13(16)10-8-12/h7-10,16H,6,11H2,1-5H3. The van der Waals surface area contributed by atoms with Crippen molar-refractivity contribution in [3.05, 3.63) is 29.8 Å². The number of hydrogen-bond donors (Lipinski definition) is 1. The lowest BCUT2D eigenvalue weighted by atomic mass is 9.62. The van der Waals surface area contributed by atoms with Gasteiger partial charge in [-0.15, -0.1) is 0 Å². The van der Waals surface area contributed by atoms with Gasteiger partial charge in [-0.2, -0.15) is 0 Å². The number of phenolic OH excluding ortho intramolecular Hbond substituents is 1. The van der Waals surface area contributed by atoms with Crippen molar-refractivity contribution in [2.24, 2.45) is 5.41 Å². The molecule has 0 radical (unpaired) electrons. The van der Waals surface area contributed by atoms with Gasteiger partial charge in [0.15, 0.2) is 0 Å². The Hall–Kier alpha value is -0.980. The van der Waals surface area contributed by atoms with Crippen LogP contribution in [0.3, 0.4) is 0 Å². The summed E-state index contributed by atoms with van der Waals surface area (Å²) in [6, 6.07) is 7.62. The maximum absolute atomic E-state index is 9.33. The van der Waals surface area contributed by atoms with Crippen LogP contribution in [-0.2, 0) is 5.41 Å². The number of benzene rings is 1. The molecule has 1 nitrogen and oxygen atoms in total. The van der Waals surface area contributed by atoms with Crippen molar-refractivity contribution >= 4 is 0 Å². The Morgan fingerprint density at radius 2 is 1.50 bits per heavy atom. The third-order valence-corrected chi connectivity index (χ3v) is 4.16. The van der Waals surface area contributed by atoms with Crippen LogP contribution >= 0.6 is 0 Å². The van der Waals surface area contributed by atoms with Crippen LogP contribution in [0.2, 0.25) is 0 Å². The van der Waals surface area contributed by atoms with Crippen molar-refractivity contribution in [1.82, 2.24) is 0 Å². The minimum Gasteiger partial charge on any atom is -0.508 e. The lowest BCUT2D eigenvalue weighted by molar-refractivity contribution is 0.179. The summed E-state index contributed by atoms with van der Waals surface area (Å²) in [5.74, 6) is 0.341. The summed E-state index contributed by atoms with van der Waals surface area (Å²) in [5.41, 5.74) is 1.68. The van der Waals surface area contributed by atoms with Gasteiger partial charge in [0.2, 0.25) is 0 Å². The van der Waals surface area contributed by atoms with Crippen LogP contribution in [0.5, 0.6) is 5.75 Å². The molecule has 0 heterocycles. The summed E-state index contributed by atoms with van der Waals surface area (Å²) >= 11 is 0. The molecular formula is C15H24O. The van der Waals surface area contributed by atoms with Gasteiger partial charge in [-0.05, 0) is 34.9 Å². The zero-order valence-corrected chi connectivity index (χ0v) is 11.2. The van der Waals surface area contributed by atoms with Crippen molar-refractivity contribution < 1.29 is 5.11 Å². The molecule has 0 aromatic heterocycles. The third-order valence-electron chi connectivity index (χ3n) is 4.16. The summed E-state index contributed by atoms with van der Waals surface area (Å²) in [5, 5.41) is 9.33. The molecule has 0 unspecified atom stereocenters. The molecule has 0 saturated carbocycles. The first-order chi connectivity index (χ1) is 7.31. The fraction of sp³-hybridized carbons (Fsp3) is 0.600.